The first-order valence-electron chi connectivity index (χ1n) is 8.87. The Bertz CT molecular complexity index is 795. The highest BCUT2D eigenvalue weighted by atomic mass is 19.1. The molecule has 1 N–H and O–H groups in total. The molecule has 2 aromatic carbocycles. The summed E-state index contributed by atoms with van der Waals surface area (Å²) >= 11 is 0. The number of nitrogens with zero attached hydrogens (tertiary/aromatic N) is 1. The van der Waals surface area contributed by atoms with Gasteiger partial charge in [0.25, 0.3) is 0 Å². The summed E-state index contributed by atoms with van der Waals surface area (Å²) in [5.74, 6) is -0.317. The molecule has 0 unspecified atom stereocenters. The maximum atomic E-state index is 14.0. The van der Waals surface area contributed by atoms with Crippen molar-refractivity contribution in [1.82, 2.24) is 10.2 Å². The van der Waals surface area contributed by atoms with E-state index in [0.717, 1.165) is 5.56 Å². The van der Waals surface area contributed by atoms with Crippen LogP contribution in [-0.4, -0.2) is 36.9 Å². The van der Waals surface area contributed by atoms with Gasteiger partial charge in [-0.15, -0.1) is 0 Å². The van der Waals surface area contributed by atoms with Gasteiger partial charge in [0.05, 0.1) is 13.5 Å². The Morgan fingerprint density at radius 1 is 1.19 bits per heavy atom. The molecule has 5 nitrogen and oxygen atoms in total. The summed E-state index contributed by atoms with van der Waals surface area (Å²) in [7, 11) is 3.11. The number of likely N-dealkylation sites (N-methyl/N-ethyl adjacent to an activating group) is 1. The fraction of sp³-hybridized carbons (Fsp3) is 0.333. The first-order chi connectivity index (χ1) is 13.0. The number of ether oxygens (including phenoxy) is 1. The second-order valence-electron chi connectivity index (χ2n) is 6.18. The molecular weight excluding hydrogens is 347 g/mol. The third kappa shape index (κ3) is 5.29. The minimum atomic E-state index is -0.638. The molecule has 0 aliphatic rings. The Morgan fingerprint density at radius 3 is 2.56 bits per heavy atom. The topological polar surface area (TPSA) is 58.6 Å². The Balaban J connectivity index is 2.31. The van der Waals surface area contributed by atoms with Crippen molar-refractivity contribution in [2.45, 2.75) is 32.4 Å². The molecule has 0 spiro atoms. The lowest BCUT2D eigenvalue weighted by atomic mass is 10.1. The van der Waals surface area contributed by atoms with Crippen LogP contribution in [0.1, 0.15) is 24.5 Å². The molecule has 0 aliphatic carbocycles. The van der Waals surface area contributed by atoms with Crippen molar-refractivity contribution >= 4 is 11.8 Å². The third-order valence-corrected chi connectivity index (χ3v) is 4.42. The van der Waals surface area contributed by atoms with Crippen LogP contribution in [0.15, 0.2) is 48.5 Å². The maximum absolute atomic E-state index is 14.0. The van der Waals surface area contributed by atoms with Crippen LogP contribution in [0.4, 0.5) is 4.39 Å². The zero-order valence-electron chi connectivity index (χ0n) is 15.9. The van der Waals surface area contributed by atoms with Crippen molar-refractivity contribution in [2.24, 2.45) is 0 Å². The molecule has 1 atom stereocenters. The fourth-order valence-electron chi connectivity index (χ4n) is 2.96. The van der Waals surface area contributed by atoms with Gasteiger partial charge in [0, 0.05) is 13.6 Å². The van der Waals surface area contributed by atoms with Gasteiger partial charge in [0.15, 0.2) is 0 Å². The predicted octanol–water partition coefficient (Wildman–Crippen LogP) is 2.93. The van der Waals surface area contributed by atoms with Crippen molar-refractivity contribution in [1.29, 1.82) is 0 Å². The Kier molecular flexibility index (Phi) is 7.34. The first kappa shape index (κ1) is 20.4. The molecule has 0 saturated heterocycles. The van der Waals surface area contributed by atoms with Gasteiger partial charge in [-0.1, -0.05) is 37.3 Å². The minimum absolute atomic E-state index is 0.107. The van der Waals surface area contributed by atoms with E-state index in [1.807, 2.05) is 31.2 Å². The minimum Gasteiger partial charge on any atom is -0.497 e. The van der Waals surface area contributed by atoms with Crippen LogP contribution in [0.5, 0.6) is 5.75 Å². The van der Waals surface area contributed by atoms with Gasteiger partial charge in [0.1, 0.15) is 17.6 Å². The van der Waals surface area contributed by atoms with Gasteiger partial charge >= 0.3 is 0 Å². The predicted molar refractivity (Wildman–Crippen MR) is 102 cm³/mol. The highest BCUT2D eigenvalue weighted by molar-refractivity contribution is 5.88. The lowest BCUT2D eigenvalue weighted by Crippen LogP contribution is -2.48. The smallest absolute Gasteiger partial charge is 0.242 e. The molecule has 2 rings (SSSR count). The molecule has 0 aliphatic heterocycles. The van der Waals surface area contributed by atoms with Crippen molar-refractivity contribution in [3.63, 3.8) is 0 Å². The number of benzene rings is 2. The molecule has 2 aromatic rings. The highest BCUT2D eigenvalue weighted by Gasteiger charge is 2.28. The lowest BCUT2D eigenvalue weighted by molar-refractivity contribution is -0.140. The summed E-state index contributed by atoms with van der Waals surface area (Å²) in [6.07, 6.45) is 0.344. The standard InChI is InChI=1S/C21H25FN2O3/c1-4-19(21(26)23-2)24(14-15-8-7-10-17(12-15)27-3)20(25)13-16-9-5-6-11-18(16)22/h5-12,19H,4,13-14H2,1-3H3,(H,23,26)/t19-/m0/s1. The number of hydrogen-bond acceptors (Lipinski definition) is 3. The Hall–Kier alpha value is -2.89. The molecule has 144 valence electrons. The number of carbonyl (C=O) groups excluding carboxylic acids is 2. The average molecular weight is 372 g/mol. The zero-order chi connectivity index (χ0) is 19.8. The van der Waals surface area contributed by atoms with Gasteiger partial charge in [0.2, 0.25) is 11.8 Å². The normalized spacial score (nSPS) is 11.6. The van der Waals surface area contributed by atoms with Gasteiger partial charge in [-0.25, -0.2) is 4.39 Å². The first-order valence-corrected chi connectivity index (χ1v) is 8.87. The van der Waals surface area contributed by atoms with Crippen molar-refractivity contribution in [3.8, 4) is 5.75 Å². The second-order valence-corrected chi connectivity index (χ2v) is 6.18. The van der Waals surface area contributed by atoms with Crippen LogP contribution in [0.3, 0.4) is 0 Å². The van der Waals surface area contributed by atoms with Crippen LogP contribution in [0, 0.1) is 5.82 Å². The maximum Gasteiger partial charge on any atom is 0.242 e. The molecule has 27 heavy (non-hydrogen) atoms. The summed E-state index contributed by atoms with van der Waals surface area (Å²) < 4.78 is 19.2. The monoisotopic (exact) mass is 372 g/mol. The van der Waals surface area contributed by atoms with Crippen molar-refractivity contribution < 1.29 is 18.7 Å². The van der Waals surface area contributed by atoms with E-state index in [1.54, 1.807) is 25.3 Å². The molecule has 0 radical (unpaired) electrons. The molecule has 0 saturated carbocycles. The largest absolute Gasteiger partial charge is 0.497 e. The van der Waals surface area contributed by atoms with Crippen molar-refractivity contribution in [2.75, 3.05) is 14.2 Å². The van der Waals surface area contributed by atoms with E-state index in [9.17, 15) is 14.0 Å². The summed E-state index contributed by atoms with van der Waals surface area (Å²) in [4.78, 5) is 26.8. The SMILES string of the molecule is CC[C@@H](C(=O)NC)N(Cc1cccc(OC)c1)C(=O)Cc1ccccc1F. The van der Waals surface area contributed by atoms with Crippen molar-refractivity contribution in [3.05, 3.63) is 65.5 Å². The van der Waals surface area contributed by atoms with E-state index in [0.29, 0.717) is 17.7 Å². The van der Waals surface area contributed by atoms with E-state index in [2.05, 4.69) is 5.32 Å². The van der Waals surface area contributed by atoms with E-state index in [4.69, 9.17) is 4.74 Å². The lowest BCUT2D eigenvalue weighted by Gasteiger charge is -2.30. The Morgan fingerprint density at radius 2 is 1.93 bits per heavy atom. The van der Waals surface area contributed by atoms with Gasteiger partial charge in [-0.3, -0.25) is 9.59 Å². The van der Waals surface area contributed by atoms with E-state index < -0.39 is 11.9 Å². The number of hydrogen-bond donors (Lipinski definition) is 1. The van der Waals surface area contributed by atoms with Gasteiger partial charge in [-0.05, 0) is 35.7 Å². The van der Waals surface area contributed by atoms with Gasteiger partial charge < -0.3 is 15.0 Å². The summed E-state index contributed by atoms with van der Waals surface area (Å²) in [5, 5.41) is 2.60. The number of methoxy groups -OCH3 is 1. The average Bonchev–Trinajstić information content (AvgIpc) is 2.69. The number of carbonyl (C=O) groups is 2. The molecule has 0 aromatic heterocycles. The van der Waals surface area contributed by atoms with Gasteiger partial charge in [-0.2, -0.15) is 0 Å². The Labute approximate surface area is 159 Å². The fourth-order valence-corrected chi connectivity index (χ4v) is 2.96. The quantitative estimate of drug-likeness (QED) is 0.775. The molecular formula is C21H25FN2O3. The van der Waals surface area contributed by atoms with Crippen LogP contribution in [-0.2, 0) is 22.6 Å². The zero-order valence-corrected chi connectivity index (χ0v) is 15.9. The number of rotatable bonds is 8. The van der Waals surface area contributed by atoms with E-state index in [1.165, 1.54) is 18.0 Å². The summed E-state index contributed by atoms with van der Waals surface area (Å²) in [5.41, 5.74) is 1.14. The number of nitrogens with one attached hydrogen (secondary N) is 1. The van der Waals surface area contributed by atoms with E-state index >= 15 is 0 Å². The molecule has 0 heterocycles. The molecule has 0 bridgehead atoms. The van der Waals surface area contributed by atoms with Crippen LogP contribution < -0.4 is 10.1 Å². The highest BCUT2D eigenvalue weighted by Crippen LogP contribution is 2.19. The van der Waals surface area contributed by atoms with Crippen LogP contribution in [0.2, 0.25) is 0 Å². The summed E-state index contributed by atoms with van der Waals surface area (Å²) in [6.45, 7) is 2.07. The molecule has 0 fully saturated rings. The summed E-state index contributed by atoms with van der Waals surface area (Å²) in [6, 6.07) is 12.9. The van der Waals surface area contributed by atoms with Crippen LogP contribution >= 0.6 is 0 Å². The number of halogens is 1. The second kappa shape index (κ2) is 9.71. The van der Waals surface area contributed by atoms with E-state index in [-0.39, 0.29) is 24.8 Å². The molecule has 6 heteroatoms. The third-order valence-electron chi connectivity index (χ3n) is 4.42. The number of amides is 2. The molecule has 2 amide bonds. The van der Waals surface area contributed by atoms with Crippen LogP contribution in [0.25, 0.3) is 0 Å².